The molecule has 0 atom stereocenters. The summed E-state index contributed by atoms with van der Waals surface area (Å²) in [5.74, 6) is -0.283. The van der Waals surface area contributed by atoms with Gasteiger partial charge >= 0.3 is 12.1 Å². The first kappa shape index (κ1) is 29.0. The van der Waals surface area contributed by atoms with Crippen LogP contribution in [0, 0.1) is 0 Å². The van der Waals surface area contributed by atoms with Gasteiger partial charge in [0.2, 0.25) is 5.91 Å². The molecule has 3 aromatic rings. The predicted octanol–water partition coefficient (Wildman–Crippen LogP) is 6.78. The van der Waals surface area contributed by atoms with Crippen molar-refractivity contribution >= 4 is 23.3 Å². The van der Waals surface area contributed by atoms with Crippen LogP contribution in [0.25, 0.3) is 0 Å². The van der Waals surface area contributed by atoms with E-state index in [2.05, 4.69) is 9.97 Å². The summed E-state index contributed by atoms with van der Waals surface area (Å²) >= 11 is 0. The zero-order chi connectivity index (χ0) is 29.3. The molecule has 2 aromatic carbocycles. The van der Waals surface area contributed by atoms with Crippen LogP contribution in [0.2, 0.25) is 0 Å². The molecular formula is C30H32F3N3O4. The molecular weight excluding hydrogens is 523 g/mol. The molecule has 0 bridgehead atoms. The van der Waals surface area contributed by atoms with Gasteiger partial charge in [0, 0.05) is 11.6 Å². The number of halogens is 3. The summed E-state index contributed by atoms with van der Waals surface area (Å²) in [6.07, 6.45) is 0.219. The van der Waals surface area contributed by atoms with Crippen LogP contribution in [-0.2, 0) is 26.9 Å². The normalized spacial score (nSPS) is 14.0. The molecule has 0 saturated heterocycles. The van der Waals surface area contributed by atoms with Crippen LogP contribution in [0.15, 0.2) is 61.1 Å². The summed E-state index contributed by atoms with van der Waals surface area (Å²) in [5, 5.41) is 0. The molecule has 1 heterocycles. The van der Waals surface area contributed by atoms with E-state index in [1.807, 2.05) is 0 Å². The lowest BCUT2D eigenvalue weighted by Gasteiger charge is -2.29. The minimum absolute atomic E-state index is 0.0459. The largest absolute Gasteiger partial charge is 0.476 e. The number of aromatic nitrogens is 2. The molecule has 0 unspecified atom stereocenters. The summed E-state index contributed by atoms with van der Waals surface area (Å²) < 4.78 is 50.8. The van der Waals surface area contributed by atoms with E-state index in [1.54, 1.807) is 58.9 Å². The Labute approximate surface area is 231 Å². The maximum Gasteiger partial charge on any atom is 0.416 e. The summed E-state index contributed by atoms with van der Waals surface area (Å²) in [6, 6.07) is 11.2. The highest BCUT2D eigenvalue weighted by Gasteiger charge is 2.35. The Morgan fingerprint density at radius 1 is 0.950 bits per heavy atom. The van der Waals surface area contributed by atoms with E-state index in [-0.39, 0.29) is 23.9 Å². The maximum atomic E-state index is 13.7. The van der Waals surface area contributed by atoms with E-state index < -0.39 is 28.9 Å². The van der Waals surface area contributed by atoms with Gasteiger partial charge in [-0.1, -0.05) is 12.1 Å². The van der Waals surface area contributed by atoms with Crippen molar-refractivity contribution in [1.82, 2.24) is 9.97 Å². The lowest BCUT2D eigenvalue weighted by molar-refractivity contribution is -0.170. The van der Waals surface area contributed by atoms with Gasteiger partial charge < -0.3 is 9.47 Å². The lowest BCUT2D eigenvalue weighted by atomic mass is 10.1. The Bertz CT molecular complexity index is 1360. The van der Waals surface area contributed by atoms with Crippen molar-refractivity contribution in [3.8, 4) is 5.75 Å². The van der Waals surface area contributed by atoms with E-state index in [9.17, 15) is 22.8 Å². The first-order chi connectivity index (χ1) is 18.6. The Morgan fingerprint density at radius 2 is 1.57 bits per heavy atom. The third kappa shape index (κ3) is 7.16. The fourth-order valence-corrected chi connectivity index (χ4v) is 4.06. The van der Waals surface area contributed by atoms with Gasteiger partial charge in [-0.05, 0) is 89.4 Å². The van der Waals surface area contributed by atoms with Crippen LogP contribution in [0.4, 0.5) is 24.5 Å². The van der Waals surface area contributed by atoms with Crippen molar-refractivity contribution in [3.63, 3.8) is 0 Å². The first-order valence-electron chi connectivity index (χ1n) is 13.0. The van der Waals surface area contributed by atoms with Gasteiger partial charge in [0.15, 0.2) is 5.60 Å². The van der Waals surface area contributed by atoms with Crippen molar-refractivity contribution in [1.29, 1.82) is 0 Å². The number of carbonyl (C=O) groups excluding carboxylic acids is 2. The highest BCUT2D eigenvalue weighted by Crippen LogP contribution is 2.44. The van der Waals surface area contributed by atoms with Crippen molar-refractivity contribution in [3.05, 3.63) is 77.9 Å². The molecule has 0 spiro atoms. The molecule has 1 aliphatic rings. The third-order valence-electron chi connectivity index (χ3n) is 6.17. The molecule has 212 valence electrons. The number of rotatable bonds is 8. The summed E-state index contributed by atoms with van der Waals surface area (Å²) in [4.78, 5) is 36.1. The van der Waals surface area contributed by atoms with E-state index in [0.29, 0.717) is 22.7 Å². The molecule has 7 nitrogen and oxygen atoms in total. The number of carbonyl (C=O) groups is 2. The monoisotopic (exact) mass is 555 g/mol. The van der Waals surface area contributed by atoms with Gasteiger partial charge in [-0.3, -0.25) is 9.69 Å². The number of hydrogen-bond acceptors (Lipinski definition) is 6. The lowest BCUT2D eigenvalue weighted by Crippen LogP contribution is -2.43. The summed E-state index contributed by atoms with van der Waals surface area (Å²) in [6.45, 7) is 8.54. The Morgan fingerprint density at radius 3 is 2.12 bits per heavy atom. The van der Waals surface area contributed by atoms with Crippen molar-refractivity contribution < 1.29 is 32.2 Å². The molecule has 1 amide bonds. The van der Waals surface area contributed by atoms with Crippen LogP contribution in [0.5, 0.6) is 5.75 Å². The number of esters is 1. The summed E-state index contributed by atoms with van der Waals surface area (Å²) in [5.41, 5.74) is -0.631. The van der Waals surface area contributed by atoms with Crippen LogP contribution >= 0.6 is 0 Å². The number of amides is 1. The molecule has 1 aromatic heterocycles. The van der Waals surface area contributed by atoms with Gasteiger partial charge in [-0.2, -0.15) is 13.2 Å². The summed E-state index contributed by atoms with van der Waals surface area (Å²) in [7, 11) is 0. The smallest absolute Gasteiger partial charge is 0.416 e. The Kier molecular flexibility index (Phi) is 7.92. The fourth-order valence-electron chi connectivity index (χ4n) is 4.06. The Balaban J connectivity index is 1.57. The SMILES string of the molecule is CC(C)(C)OC(=O)C(C)(C)Oc1ccc(CC(=O)N(c2ccc(C(F)(F)F)cc2)c2cncnc2C2CC2)cc1. The maximum absolute atomic E-state index is 13.7. The number of anilines is 2. The second-order valence-corrected chi connectivity index (χ2v) is 11.3. The van der Waals surface area contributed by atoms with E-state index in [4.69, 9.17) is 9.47 Å². The quantitative estimate of drug-likeness (QED) is 0.285. The fraction of sp³-hybridized carbons (Fsp3) is 0.400. The van der Waals surface area contributed by atoms with Crippen LogP contribution < -0.4 is 9.64 Å². The van der Waals surface area contributed by atoms with Gasteiger partial charge in [-0.25, -0.2) is 14.8 Å². The Hall–Kier alpha value is -3.95. The molecule has 1 fully saturated rings. The highest BCUT2D eigenvalue weighted by molar-refractivity contribution is 6.02. The second-order valence-electron chi connectivity index (χ2n) is 11.3. The number of benzene rings is 2. The zero-order valence-corrected chi connectivity index (χ0v) is 23.1. The molecule has 1 saturated carbocycles. The molecule has 1 aliphatic carbocycles. The van der Waals surface area contributed by atoms with E-state index in [0.717, 1.165) is 25.0 Å². The van der Waals surface area contributed by atoms with E-state index in [1.165, 1.54) is 29.6 Å². The average Bonchev–Trinajstić information content (AvgIpc) is 3.70. The minimum atomic E-state index is -4.50. The molecule has 0 radical (unpaired) electrons. The number of hydrogen-bond donors (Lipinski definition) is 0. The standard InChI is InChI=1S/C30H32F3N3O4/c1-28(2,3)40-27(38)29(4,5)39-23-14-6-19(7-15-23)16-25(37)36(22-12-10-21(11-13-22)30(31,32)33)24-17-34-18-35-26(24)20-8-9-20/h6-7,10-15,17-18,20H,8-9,16H2,1-5H3. The van der Waals surface area contributed by atoms with Crippen LogP contribution in [0.1, 0.15) is 70.2 Å². The highest BCUT2D eigenvalue weighted by atomic mass is 19.4. The zero-order valence-electron chi connectivity index (χ0n) is 23.1. The number of nitrogens with zero attached hydrogens (tertiary/aromatic N) is 3. The van der Waals surface area contributed by atoms with Crippen LogP contribution in [-0.4, -0.2) is 33.0 Å². The first-order valence-corrected chi connectivity index (χ1v) is 13.0. The average molecular weight is 556 g/mol. The topological polar surface area (TPSA) is 81.6 Å². The molecule has 0 aliphatic heterocycles. The van der Waals surface area contributed by atoms with Gasteiger partial charge in [0.25, 0.3) is 0 Å². The van der Waals surface area contributed by atoms with Crippen LogP contribution in [0.3, 0.4) is 0 Å². The van der Waals surface area contributed by atoms with Crippen molar-refractivity contribution in [2.24, 2.45) is 0 Å². The van der Waals surface area contributed by atoms with Gasteiger partial charge in [-0.15, -0.1) is 0 Å². The molecule has 4 rings (SSSR count). The molecule has 0 N–H and O–H groups in total. The molecule has 40 heavy (non-hydrogen) atoms. The van der Waals surface area contributed by atoms with Crippen molar-refractivity contribution in [2.75, 3.05) is 4.90 Å². The van der Waals surface area contributed by atoms with Gasteiger partial charge in [0.05, 0.1) is 29.6 Å². The molecule has 10 heteroatoms. The minimum Gasteiger partial charge on any atom is -0.476 e. The number of ether oxygens (including phenoxy) is 2. The predicted molar refractivity (Wildman–Crippen MR) is 143 cm³/mol. The second kappa shape index (κ2) is 10.9. The van der Waals surface area contributed by atoms with Gasteiger partial charge in [0.1, 0.15) is 17.7 Å². The van der Waals surface area contributed by atoms with Crippen molar-refractivity contribution in [2.45, 2.75) is 77.2 Å². The third-order valence-corrected chi connectivity index (χ3v) is 6.17. The van der Waals surface area contributed by atoms with E-state index >= 15 is 0 Å². The number of alkyl halides is 3.